The molecule has 2 N–H and O–H groups in total. The third-order valence-electron chi connectivity index (χ3n) is 3.80. The Balaban J connectivity index is 1.54. The van der Waals surface area contributed by atoms with Crippen LogP contribution in [0.1, 0.15) is 18.4 Å². The lowest BCUT2D eigenvalue weighted by Gasteiger charge is -2.17. The summed E-state index contributed by atoms with van der Waals surface area (Å²) in [5, 5.41) is 5.46. The number of benzene rings is 1. The van der Waals surface area contributed by atoms with Gasteiger partial charge in [0.1, 0.15) is 11.6 Å². The fourth-order valence-corrected chi connectivity index (χ4v) is 2.58. The van der Waals surface area contributed by atoms with Crippen LogP contribution in [-0.2, 0) is 6.54 Å². The molecule has 0 aliphatic carbocycles. The highest BCUT2D eigenvalue weighted by molar-refractivity contribution is 5.89. The maximum Gasteiger partial charge on any atom is 0.319 e. The first-order valence-corrected chi connectivity index (χ1v) is 7.71. The second-order valence-corrected chi connectivity index (χ2v) is 5.53. The van der Waals surface area contributed by atoms with Crippen LogP contribution >= 0.6 is 0 Å². The quantitative estimate of drug-likeness (QED) is 0.911. The summed E-state index contributed by atoms with van der Waals surface area (Å²) in [7, 11) is 0. The van der Waals surface area contributed by atoms with E-state index in [0.717, 1.165) is 24.5 Å². The molecule has 1 aliphatic rings. The maximum atomic E-state index is 12.8. The fraction of sp³-hybridized carbons (Fsp3) is 0.294. The molecule has 0 radical (unpaired) electrons. The van der Waals surface area contributed by atoms with Gasteiger partial charge in [0.15, 0.2) is 0 Å². The molecule has 1 aromatic heterocycles. The van der Waals surface area contributed by atoms with Crippen molar-refractivity contribution in [2.75, 3.05) is 23.3 Å². The van der Waals surface area contributed by atoms with Crippen LogP contribution in [0.2, 0.25) is 0 Å². The van der Waals surface area contributed by atoms with Gasteiger partial charge in [0.2, 0.25) is 0 Å². The molecule has 0 spiro atoms. The molecule has 23 heavy (non-hydrogen) atoms. The summed E-state index contributed by atoms with van der Waals surface area (Å²) in [6.07, 6.45) is 4.16. The lowest BCUT2D eigenvalue weighted by atomic mass is 10.2. The topological polar surface area (TPSA) is 57.3 Å². The van der Waals surface area contributed by atoms with Crippen LogP contribution in [0.3, 0.4) is 0 Å². The lowest BCUT2D eigenvalue weighted by Crippen LogP contribution is -2.28. The molecule has 2 heterocycles. The number of carbonyl (C=O) groups is 1. The van der Waals surface area contributed by atoms with Crippen molar-refractivity contribution < 1.29 is 9.18 Å². The van der Waals surface area contributed by atoms with Gasteiger partial charge >= 0.3 is 6.03 Å². The minimum atomic E-state index is -0.331. The number of hydrogen-bond donors (Lipinski definition) is 2. The van der Waals surface area contributed by atoms with Crippen LogP contribution < -0.4 is 15.5 Å². The van der Waals surface area contributed by atoms with Crippen molar-refractivity contribution in [2.24, 2.45) is 0 Å². The predicted molar refractivity (Wildman–Crippen MR) is 87.9 cm³/mol. The molecule has 0 bridgehead atoms. The summed E-state index contributed by atoms with van der Waals surface area (Å²) < 4.78 is 12.8. The molecule has 0 saturated carbocycles. The Morgan fingerprint density at radius 1 is 1.17 bits per heavy atom. The SMILES string of the molecule is O=C(NCc1ccnc(N2CCCC2)c1)Nc1ccc(F)cc1. The summed E-state index contributed by atoms with van der Waals surface area (Å²) in [5.41, 5.74) is 1.55. The number of nitrogens with one attached hydrogen (secondary N) is 2. The smallest absolute Gasteiger partial charge is 0.319 e. The van der Waals surface area contributed by atoms with Gasteiger partial charge in [0.05, 0.1) is 0 Å². The van der Waals surface area contributed by atoms with Gasteiger partial charge in [-0.2, -0.15) is 0 Å². The number of anilines is 2. The minimum Gasteiger partial charge on any atom is -0.357 e. The molecule has 120 valence electrons. The molecule has 0 unspecified atom stereocenters. The lowest BCUT2D eigenvalue weighted by molar-refractivity contribution is 0.251. The van der Waals surface area contributed by atoms with E-state index in [0.29, 0.717) is 12.2 Å². The Morgan fingerprint density at radius 2 is 1.91 bits per heavy atom. The van der Waals surface area contributed by atoms with Crippen LogP contribution in [0.15, 0.2) is 42.6 Å². The predicted octanol–water partition coefficient (Wildman–Crippen LogP) is 3.14. The molecule has 2 aromatic rings. The average Bonchev–Trinajstić information content (AvgIpc) is 3.10. The van der Waals surface area contributed by atoms with Gasteiger partial charge in [-0.1, -0.05) is 0 Å². The highest BCUT2D eigenvalue weighted by Crippen LogP contribution is 2.18. The normalized spacial score (nSPS) is 13.9. The van der Waals surface area contributed by atoms with Gasteiger partial charge < -0.3 is 15.5 Å². The Bertz CT molecular complexity index is 669. The van der Waals surface area contributed by atoms with E-state index in [2.05, 4.69) is 20.5 Å². The van der Waals surface area contributed by atoms with Gasteiger partial charge in [-0.25, -0.2) is 14.2 Å². The zero-order valence-electron chi connectivity index (χ0n) is 12.8. The largest absolute Gasteiger partial charge is 0.357 e. The van der Waals surface area contributed by atoms with Gasteiger partial charge in [0.25, 0.3) is 0 Å². The van der Waals surface area contributed by atoms with Crippen molar-refractivity contribution >= 4 is 17.5 Å². The van der Waals surface area contributed by atoms with Gasteiger partial charge in [-0.15, -0.1) is 0 Å². The molecular formula is C17H19FN4O. The second-order valence-electron chi connectivity index (χ2n) is 5.53. The molecule has 5 nitrogen and oxygen atoms in total. The Morgan fingerprint density at radius 3 is 2.65 bits per heavy atom. The average molecular weight is 314 g/mol. The van der Waals surface area contributed by atoms with Crippen molar-refractivity contribution in [3.63, 3.8) is 0 Å². The van der Waals surface area contributed by atoms with E-state index >= 15 is 0 Å². The number of carbonyl (C=O) groups excluding carboxylic acids is 1. The van der Waals surface area contributed by atoms with Crippen molar-refractivity contribution in [3.05, 3.63) is 54.0 Å². The zero-order valence-corrected chi connectivity index (χ0v) is 12.8. The highest BCUT2D eigenvalue weighted by Gasteiger charge is 2.13. The molecule has 1 saturated heterocycles. The van der Waals surface area contributed by atoms with Gasteiger partial charge in [-0.05, 0) is 54.8 Å². The fourth-order valence-electron chi connectivity index (χ4n) is 2.58. The Kier molecular flexibility index (Phi) is 4.71. The Labute approximate surface area is 134 Å². The highest BCUT2D eigenvalue weighted by atomic mass is 19.1. The number of urea groups is 1. The molecule has 6 heteroatoms. The summed E-state index contributed by atoms with van der Waals surface area (Å²) in [6.45, 7) is 2.49. The number of nitrogens with zero attached hydrogens (tertiary/aromatic N) is 2. The van der Waals surface area contributed by atoms with Crippen molar-refractivity contribution in [2.45, 2.75) is 19.4 Å². The number of rotatable bonds is 4. The summed E-state index contributed by atoms with van der Waals surface area (Å²) in [4.78, 5) is 18.5. The van der Waals surface area contributed by atoms with Crippen LogP contribution in [0.4, 0.5) is 20.7 Å². The third kappa shape index (κ3) is 4.18. The van der Waals surface area contributed by atoms with E-state index in [1.807, 2.05) is 12.1 Å². The van der Waals surface area contributed by atoms with Gasteiger partial charge in [-0.3, -0.25) is 0 Å². The third-order valence-corrected chi connectivity index (χ3v) is 3.80. The van der Waals surface area contributed by atoms with Crippen LogP contribution in [0.5, 0.6) is 0 Å². The molecule has 1 fully saturated rings. The molecule has 3 rings (SSSR count). The first-order chi connectivity index (χ1) is 11.2. The summed E-state index contributed by atoms with van der Waals surface area (Å²) >= 11 is 0. The molecule has 0 atom stereocenters. The van der Waals surface area contributed by atoms with E-state index in [1.54, 1.807) is 6.20 Å². The van der Waals surface area contributed by atoms with Crippen molar-refractivity contribution in [3.8, 4) is 0 Å². The Hall–Kier alpha value is -2.63. The van der Waals surface area contributed by atoms with E-state index in [9.17, 15) is 9.18 Å². The van der Waals surface area contributed by atoms with Crippen LogP contribution in [0, 0.1) is 5.82 Å². The van der Waals surface area contributed by atoms with E-state index in [1.165, 1.54) is 37.1 Å². The number of hydrogen-bond acceptors (Lipinski definition) is 3. The number of amides is 2. The summed E-state index contributed by atoms with van der Waals surface area (Å²) in [5.74, 6) is 0.628. The van der Waals surface area contributed by atoms with E-state index in [-0.39, 0.29) is 11.8 Å². The van der Waals surface area contributed by atoms with E-state index < -0.39 is 0 Å². The first kappa shape index (κ1) is 15.3. The standard InChI is InChI=1S/C17H19FN4O/c18-14-3-5-15(6-4-14)21-17(23)20-12-13-7-8-19-16(11-13)22-9-1-2-10-22/h3-8,11H,1-2,9-10,12H2,(H2,20,21,23). The maximum absolute atomic E-state index is 12.8. The summed E-state index contributed by atoms with van der Waals surface area (Å²) in [6, 6.07) is 9.22. The van der Waals surface area contributed by atoms with Crippen molar-refractivity contribution in [1.82, 2.24) is 10.3 Å². The molecule has 2 amide bonds. The molecule has 1 aromatic carbocycles. The number of pyridine rings is 1. The van der Waals surface area contributed by atoms with Crippen molar-refractivity contribution in [1.29, 1.82) is 0 Å². The first-order valence-electron chi connectivity index (χ1n) is 7.71. The van der Waals surface area contributed by atoms with E-state index in [4.69, 9.17) is 0 Å². The monoisotopic (exact) mass is 314 g/mol. The van der Waals surface area contributed by atoms with Crippen LogP contribution in [0.25, 0.3) is 0 Å². The molecular weight excluding hydrogens is 295 g/mol. The van der Waals surface area contributed by atoms with Crippen LogP contribution in [-0.4, -0.2) is 24.1 Å². The zero-order chi connectivity index (χ0) is 16.1. The van der Waals surface area contributed by atoms with Gasteiger partial charge in [0, 0.05) is 31.5 Å². The second kappa shape index (κ2) is 7.09. The minimum absolute atomic E-state index is 0.323. The number of aromatic nitrogens is 1. The number of halogens is 1. The molecule has 1 aliphatic heterocycles.